The maximum Gasteiger partial charge on any atom is 0.321 e. The molecule has 0 saturated carbocycles. The molecule has 0 bridgehead atoms. The Morgan fingerprint density at radius 3 is 2.43 bits per heavy atom. The number of carbonyl (C=O) groups is 2. The van der Waals surface area contributed by atoms with Crippen molar-refractivity contribution in [1.29, 1.82) is 0 Å². The second kappa shape index (κ2) is 6.94. The van der Waals surface area contributed by atoms with Crippen LogP contribution in [0, 0.1) is 0 Å². The Bertz CT molecular complexity index is 495. The number of hydrogen-bond acceptors (Lipinski definition) is 4. The molecular formula is C14H21N4O3+. The van der Waals surface area contributed by atoms with Crippen molar-refractivity contribution in [1.82, 2.24) is 10.6 Å². The lowest BCUT2D eigenvalue weighted by Gasteiger charge is -2.33. The van der Waals surface area contributed by atoms with Gasteiger partial charge in [-0.15, -0.1) is 0 Å². The second-order valence-electron chi connectivity index (χ2n) is 5.06. The van der Waals surface area contributed by atoms with Crippen LogP contribution in [0.2, 0.25) is 0 Å². The Hall–Kier alpha value is -2.28. The highest BCUT2D eigenvalue weighted by molar-refractivity contribution is 5.94. The van der Waals surface area contributed by atoms with Crippen LogP contribution < -0.4 is 20.4 Å². The fourth-order valence-corrected chi connectivity index (χ4v) is 2.38. The van der Waals surface area contributed by atoms with E-state index in [4.69, 9.17) is 0 Å². The van der Waals surface area contributed by atoms with Crippen LogP contribution in [0.3, 0.4) is 0 Å². The molecule has 2 rings (SSSR count). The fraction of sp³-hybridized carbons (Fsp3) is 0.429. The molecule has 1 saturated heterocycles. The monoisotopic (exact) mass is 293 g/mol. The smallest absolute Gasteiger partial charge is 0.321 e. The first-order chi connectivity index (χ1) is 10.1. The third kappa shape index (κ3) is 4.35. The molecule has 4 N–H and O–H groups in total. The summed E-state index contributed by atoms with van der Waals surface area (Å²) >= 11 is 0. The first-order valence-electron chi connectivity index (χ1n) is 6.97. The van der Waals surface area contributed by atoms with Crippen molar-refractivity contribution in [3.63, 3.8) is 0 Å². The number of hydrogen-bond donors (Lipinski definition) is 4. The van der Waals surface area contributed by atoms with Crippen molar-refractivity contribution in [2.24, 2.45) is 0 Å². The van der Waals surface area contributed by atoms with Gasteiger partial charge in [0.1, 0.15) is 5.75 Å². The van der Waals surface area contributed by atoms with Crippen LogP contribution in [0.15, 0.2) is 24.3 Å². The van der Waals surface area contributed by atoms with Crippen molar-refractivity contribution in [3.05, 3.63) is 24.3 Å². The van der Waals surface area contributed by atoms with Crippen molar-refractivity contribution in [2.75, 3.05) is 44.7 Å². The van der Waals surface area contributed by atoms with Gasteiger partial charge >= 0.3 is 6.03 Å². The third-order valence-corrected chi connectivity index (χ3v) is 3.58. The van der Waals surface area contributed by atoms with E-state index in [-0.39, 0.29) is 11.7 Å². The topological polar surface area (TPSA) is 86.1 Å². The highest BCUT2D eigenvalue weighted by Gasteiger charge is 2.22. The summed E-state index contributed by atoms with van der Waals surface area (Å²) in [5, 5.41) is 13.9. The number of phenolic OH excluding ortho intramolecular Hbond substituents is 1. The summed E-state index contributed by atoms with van der Waals surface area (Å²) in [6.45, 7) is 3.65. The Morgan fingerprint density at radius 2 is 1.86 bits per heavy atom. The molecule has 1 fully saturated rings. The number of quaternary nitrogens is 1. The number of amides is 3. The predicted octanol–water partition coefficient (Wildman–Crippen LogP) is -1.45. The van der Waals surface area contributed by atoms with Crippen molar-refractivity contribution < 1.29 is 19.6 Å². The molecule has 0 unspecified atom stereocenters. The van der Waals surface area contributed by atoms with E-state index < -0.39 is 6.03 Å². The molecule has 3 amide bonds. The normalized spacial score (nSPS) is 15.6. The second-order valence-corrected chi connectivity index (χ2v) is 5.06. The summed E-state index contributed by atoms with van der Waals surface area (Å²) < 4.78 is 0. The number of anilines is 1. The molecule has 0 radical (unpaired) electrons. The van der Waals surface area contributed by atoms with Crippen LogP contribution in [0.5, 0.6) is 5.75 Å². The molecular weight excluding hydrogens is 272 g/mol. The first kappa shape index (κ1) is 15.1. The van der Waals surface area contributed by atoms with Crippen LogP contribution in [0.4, 0.5) is 10.5 Å². The minimum Gasteiger partial charge on any atom is -0.508 e. The van der Waals surface area contributed by atoms with Gasteiger partial charge in [-0.1, -0.05) is 0 Å². The average molecular weight is 293 g/mol. The highest BCUT2D eigenvalue weighted by Crippen LogP contribution is 2.17. The molecule has 0 aromatic heterocycles. The predicted molar refractivity (Wildman–Crippen MR) is 78.5 cm³/mol. The number of piperazine rings is 1. The first-order valence-corrected chi connectivity index (χ1v) is 6.97. The SMILES string of the molecule is CNC(=O)NC(=O)C[NH+]1CCN(c2ccc(O)cc2)CC1. The summed E-state index contributed by atoms with van der Waals surface area (Å²) in [4.78, 5) is 26.1. The van der Waals surface area contributed by atoms with Gasteiger partial charge in [0.15, 0.2) is 6.54 Å². The lowest BCUT2D eigenvalue weighted by atomic mass is 10.2. The number of nitrogens with one attached hydrogen (secondary N) is 3. The van der Waals surface area contributed by atoms with Gasteiger partial charge in [-0.2, -0.15) is 0 Å². The Balaban J connectivity index is 1.79. The number of benzene rings is 1. The fourth-order valence-electron chi connectivity index (χ4n) is 2.38. The number of nitrogens with zero attached hydrogens (tertiary/aromatic N) is 1. The summed E-state index contributed by atoms with van der Waals surface area (Å²) in [6.07, 6.45) is 0. The Morgan fingerprint density at radius 1 is 1.24 bits per heavy atom. The third-order valence-electron chi connectivity index (χ3n) is 3.58. The highest BCUT2D eigenvalue weighted by atomic mass is 16.3. The van der Waals surface area contributed by atoms with Gasteiger partial charge in [0.05, 0.1) is 26.2 Å². The van der Waals surface area contributed by atoms with Crippen molar-refractivity contribution in [2.45, 2.75) is 0 Å². The lowest BCUT2D eigenvalue weighted by Crippen LogP contribution is -3.16. The van der Waals surface area contributed by atoms with Gasteiger partial charge in [0.2, 0.25) is 0 Å². The maximum atomic E-state index is 11.6. The zero-order valence-corrected chi connectivity index (χ0v) is 12.1. The van der Waals surface area contributed by atoms with Gasteiger partial charge in [-0.25, -0.2) is 4.79 Å². The van der Waals surface area contributed by atoms with E-state index in [0.717, 1.165) is 36.8 Å². The molecule has 1 aliphatic heterocycles. The number of carbonyl (C=O) groups excluding carboxylic acids is 2. The Kier molecular flexibility index (Phi) is 4.99. The van der Waals surface area contributed by atoms with Gasteiger partial charge in [-0.05, 0) is 24.3 Å². The molecule has 0 aliphatic carbocycles. The molecule has 1 heterocycles. The molecule has 0 atom stereocenters. The molecule has 7 heteroatoms. The molecule has 1 aliphatic rings. The van der Waals surface area contributed by atoms with Gasteiger partial charge < -0.3 is 20.2 Å². The number of urea groups is 1. The Labute approximate surface area is 123 Å². The number of phenols is 1. The minimum atomic E-state index is -0.470. The van der Waals surface area contributed by atoms with Crippen LogP contribution in [-0.4, -0.2) is 56.8 Å². The quantitative estimate of drug-likeness (QED) is 0.549. The zero-order valence-electron chi connectivity index (χ0n) is 12.1. The van der Waals surface area contributed by atoms with E-state index in [0.29, 0.717) is 6.54 Å². The number of imide groups is 1. The van der Waals surface area contributed by atoms with E-state index in [9.17, 15) is 14.7 Å². The van der Waals surface area contributed by atoms with E-state index >= 15 is 0 Å². The average Bonchev–Trinajstić information content (AvgIpc) is 2.48. The summed E-state index contributed by atoms with van der Waals surface area (Å²) in [7, 11) is 1.48. The minimum absolute atomic E-state index is 0.258. The van der Waals surface area contributed by atoms with Crippen LogP contribution in [0.1, 0.15) is 0 Å². The molecule has 7 nitrogen and oxygen atoms in total. The van der Waals surface area contributed by atoms with Gasteiger partial charge in [0, 0.05) is 12.7 Å². The number of rotatable bonds is 3. The van der Waals surface area contributed by atoms with Crippen molar-refractivity contribution in [3.8, 4) is 5.75 Å². The zero-order chi connectivity index (χ0) is 15.2. The van der Waals surface area contributed by atoms with Crippen molar-refractivity contribution >= 4 is 17.6 Å². The van der Waals surface area contributed by atoms with E-state index in [1.807, 2.05) is 12.1 Å². The van der Waals surface area contributed by atoms with E-state index in [2.05, 4.69) is 15.5 Å². The summed E-state index contributed by atoms with van der Waals surface area (Å²) in [5.41, 5.74) is 1.07. The molecule has 114 valence electrons. The van der Waals surface area contributed by atoms with E-state index in [1.165, 1.54) is 7.05 Å². The standard InChI is InChI=1S/C14H20N4O3/c1-15-14(21)16-13(20)10-17-6-8-18(9-7-17)11-2-4-12(19)5-3-11/h2-5,19H,6-10H2,1H3,(H2,15,16,20,21)/p+1. The summed E-state index contributed by atoms with van der Waals surface area (Å²) in [5.74, 6) is -0.00341. The molecule has 1 aromatic carbocycles. The lowest BCUT2D eigenvalue weighted by molar-refractivity contribution is -0.892. The molecule has 21 heavy (non-hydrogen) atoms. The van der Waals surface area contributed by atoms with E-state index in [1.54, 1.807) is 12.1 Å². The maximum absolute atomic E-state index is 11.6. The van der Waals surface area contributed by atoms with Crippen LogP contribution in [-0.2, 0) is 4.79 Å². The summed E-state index contributed by atoms with van der Waals surface area (Å²) in [6, 6.07) is 6.65. The van der Waals surface area contributed by atoms with Crippen LogP contribution >= 0.6 is 0 Å². The molecule has 1 aromatic rings. The van der Waals surface area contributed by atoms with Crippen LogP contribution in [0.25, 0.3) is 0 Å². The molecule has 0 spiro atoms. The largest absolute Gasteiger partial charge is 0.508 e. The van der Waals surface area contributed by atoms with Gasteiger partial charge in [-0.3, -0.25) is 10.1 Å². The van der Waals surface area contributed by atoms with Gasteiger partial charge in [0.25, 0.3) is 5.91 Å². The number of aromatic hydroxyl groups is 1.